The summed E-state index contributed by atoms with van der Waals surface area (Å²) in [5, 5.41) is 4.65. The minimum atomic E-state index is -0.530. The van der Waals surface area contributed by atoms with Crippen molar-refractivity contribution in [1.82, 2.24) is 14.8 Å². The zero-order valence-corrected chi connectivity index (χ0v) is 19.8. The number of aromatic nitrogens is 3. The second-order valence-corrected chi connectivity index (χ2v) is 8.58. The maximum Gasteiger partial charge on any atom is 0.414 e. The summed E-state index contributed by atoms with van der Waals surface area (Å²) in [6.45, 7) is 4.53. The SMILES string of the molecule is CCOC(=O)N(c1c(C(=O)c2cnn(C)c2)oc2ncc(Br)cc12)[C@H]1CCO[C@@H](CC)C1. The molecule has 1 aliphatic rings. The standard InChI is InChI=1S/C22H25BrN4O5/c1-4-16-9-15(6-7-31-16)27(22(29)30-5-2)18-17-8-14(23)11-24-21(17)32-20(18)19(28)13-10-25-26(3)12-13/h8,10-12,15-16H,4-7,9H2,1-3H3/t15-,16-/m0/s1. The molecule has 0 aromatic carbocycles. The summed E-state index contributed by atoms with van der Waals surface area (Å²) >= 11 is 3.44. The third-order valence-corrected chi connectivity index (χ3v) is 5.96. The second kappa shape index (κ2) is 9.41. The number of fused-ring (bicyclic) bond motifs is 1. The fourth-order valence-electron chi connectivity index (χ4n) is 4.00. The van der Waals surface area contributed by atoms with E-state index in [4.69, 9.17) is 13.9 Å². The van der Waals surface area contributed by atoms with Gasteiger partial charge in [-0.25, -0.2) is 9.78 Å². The van der Waals surface area contributed by atoms with Crippen molar-refractivity contribution in [2.45, 2.75) is 45.3 Å². The van der Waals surface area contributed by atoms with Gasteiger partial charge in [0.25, 0.3) is 0 Å². The van der Waals surface area contributed by atoms with Gasteiger partial charge in [-0.05, 0) is 48.2 Å². The third-order valence-electron chi connectivity index (χ3n) is 5.53. The van der Waals surface area contributed by atoms with Gasteiger partial charge in [-0.15, -0.1) is 0 Å². The van der Waals surface area contributed by atoms with E-state index in [1.165, 1.54) is 10.9 Å². The number of nitrogens with zero attached hydrogens (tertiary/aromatic N) is 4. The van der Waals surface area contributed by atoms with Gasteiger partial charge in [0.15, 0.2) is 0 Å². The van der Waals surface area contributed by atoms with E-state index >= 15 is 0 Å². The predicted octanol–water partition coefficient (Wildman–Crippen LogP) is 4.48. The van der Waals surface area contributed by atoms with Crippen molar-refractivity contribution in [3.63, 3.8) is 0 Å². The summed E-state index contributed by atoms with van der Waals surface area (Å²) in [6.07, 6.45) is 6.23. The van der Waals surface area contributed by atoms with Crippen molar-refractivity contribution < 1.29 is 23.5 Å². The fraction of sp³-hybridized carbons (Fsp3) is 0.455. The molecule has 10 heteroatoms. The Labute approximate surface area is 193 Å². The van der Waals surface area contributed by atoms with E-state index in [1.54, 1.807) is 37.3 Å². The Morgan fingerprint density at radius 2 is 2.16 bits per heavy atom. The highest BCUT2D eigenvalue weighted by Crippen LogP contribution is 2.39. The highest BCUT2D eigenvalue weighted by molar-refractivity contribution is 9.10. The van der Waals surface area contributed by atoms with Crippen molar-refractivity contribution in [3.05, 3.63) is 40.5 Å². The van der Waals surface area contributed by atoms with Gasteiger partial charge in [0.05, 0.1) is 29.9 Å². The first kappa shape index (κ1) is 22.5. The molecule has 1 saturated heterocycles. The Morgan fingerprint density at radius 3 is 2.84 bits per heavy atom. The van der Waals surface area contributed by atoms with Crippen LogP contribution < -0.4 is 4.90 Å². The molecule has 0 bridgehead atoms. The second-order valence-electron chi connectivity index (χ2n) is 7.67. The Hall–Kier alpha value is -2.72. The molecule has 9 nitrogen and oxygen atoms in total. The highest BCUT2D eigenvalue weighted by Gasteiger charge is 2.37. The van der Waals surface area contributed by atoms with Crippen LogP contribution in [0.2, 0.25) is 0 Å². The Kier molecular flexibility index (Phi) is 6.61. The van der Waals surface area contributed by atoms with Gasteiger partial charge in [-0.3, -0.25) is 14.4 Å². The Morgan fingerprint density at radius 1 is 1.34 bits per heavy atom. The first-order valence-electron chi connectivity index (χ1n) is 10.6. The molecule has 1 fully saturated rings. The molecule has 3 aromatic heterocycles. The van der Waals surface area contributed by atoms with Crippen LogP contribution in [0.4, 0.5) is 10.5 Å². The van der Waals surface area contributed by atoms with Crippen LogP contribution in [0.15, 0.2) is 33.5 Å². The monoisotopic (exact) mass is 504 g/mol. The van der Waals surface area contributed by atoms with Crippen LogP contribution in [0, 0.1) is 0 Å². The lowest BCUT2D eigenvalue weighted by atomic mass is 9.98. The first-order valence-corrected chi connectivity index (χ1v) is 11.4. The number of carbonyl (C=O) groups excluding carboxylic acids is 2. The van der Waals surface area contributed by atoms with Crippen molar-refractivity contribution in [2.24, 2.45) is 7.05 Å². The lowest BCUT2D eigenvalue weighted by Crippen LogP contribution is -2.46. The summed E-state index contributed by atoms with van der Waals surface area (Å²) < 4.78 is 19.4. The maximum absolute atomic E-state index is 13.4. The summed E-state index contributed by atoms with van der Waals surface area (Å²) in [5.41, 5.74) is 0.987. The minimum Gasteiger partial charge on any atom is -0.449 e. The van der Waals surface area contributed by atoms with E-state index < -0.39 is 6.09 Å². The normalized spacial score (nSPS) is 18.6. The number of ether oxygens (including phenoxy) is 2. The molecular formula is C22H25BrN4O5. The van der Waals surface area contributed by atoms with E-state index in [0.717, 1.165) is 6.42 Å². The van der Waals surface area contributed by atoms with E-state index in [0.29, 0.717) is 40.6 Å². The summed E-state index contributed by atoms with van der Waals surface area (Å²) in [7, 11) is 1.73. The van der Waals surface area contributed by atoms with Crippen LogP contribution in [-0.2, 0) is 16.5 Å². The molecule has 0 aliphatic carbocycles. The largest absolute Gasteiger partial charge is 0.449 e. The number of ketones is 1. The lowest BCUT2D eigenvalue weighted by Gasteiger charge is -2.36. The van der Waals surface area contributed by atoms with Crippen molar-refractivity contribution in [3.8, 4) is 0 Å². The number of carbonyl (C=O) groups is 2. The molecule has 2 atom stereocenters. The number of rotatable bonds is 6. The molecule has 0 unspecified atom stereocenters. The molecule has 0 radical (unpaired) electrons. The topological polar surface area (TPSA) is 99.7 Å². The van der Waals surface area contributed by atoms with Gasteiger partial charge in [-0.2, -0.15) is 5.10 Å². The molecule has 1 aliphatic heterocycles. The fourth-order valence-corrected chi connectivity index (χ4v) is 4.33. The number of aryl methyl sites for hydroxylation is 1. The number of furan rings is 1. The number of hydrogen-bond acceptors (Lipinski definition) is 7. The summed E-state index contributed by atoms with van der Waals surface area (Å²) in [5.74, 6) is -0.346. The molecule has 0 N–H and O–H groups in total. The van der Waals surface area contributed by atoms with Gasteiger partial charge >= 0.3 is 6.09 Å². The zero-order valence-electron chi connectivity index (χ0n) is 18.2. The van der Waals surface area contributed by atoms with E-state index in [-0.39, 0.29) is 36.0 Å². The molecule has 0 spiro atoms. The van der Waals surface area contributed by atoms with Gasteiger partial charge < -0.3 is 13.9 Å². The first-order chi connectivity index (χ1) is 15.4. The van der Waals surface area contributed by atoms with Crippen LogP contribution in [0.25, 0.3) is 11.1 Å². The zero-order chi connectivity index (χ0) is 22.8. The average molecular weight is 505 g/mol. The molecular weight excluding hydrogens is 480 g/mol. The molecule has 1 amide bonds. The van der Waals surface area contributed by atoms with E-state index in [2.05, 4.69) is 26.0 Å². The third kappa shape index (κ3) is 4.29. The van der Waals surface area contributed by atoms with Crippen LogP contribution in [0.1, 0.15) is 49.2 Å². The Balaban J connectivity index is 1.90. The van der Waals surface area contributed by atoms with Crippen LogP contribution in [0.3, 0.4) is 0 Å². The summed E-state index contributed by atoms with van der Waals surface area (Å²) in [4.78, 5) is 32.5. The lowest BCUT2D eigenvalue weighted by molar-refractivity contribution is 0.00468. The van der Waals surface area contributed by atoms with Crippen LogP contribution in [-0.4, -0.2) is 52.0 Å². The number of halogens is 1. The molecule has 4 rings (SSSR count). The van der Waals surface area contributed by atoms with Gasteiger partial charge in [-0.1, -0.05) is 6.92 Å². The Bertz CT molecular complexity index is 1140. The molecule has 170 valence electrons. The van der Waals surface area contributed by atoms with E-state index in [9.17, 15) is 9.59 Å². The smallest absolute Gasteiger partial charge is 0.414 e. The van der Waals surface area contributed by atoms with Crippen molar-refractivity contribution >= 4 is 44.6 Å². The number of pyridine rings is 1. The number of hydrogen-bond donors (Lipinski definition) is 0. The molecule has 3 aromatic rings. The molecule has 0 saturated carbocycles. The minimum absolute atomic E-state index is 0.0196. The predicted molar refractivity (Wildman–Crippen MR) is 121 cm³/mol. The van der Waals surface area contributed by atoms with Crippen LogP contribution in [0.5, 0.6) is 0 Å². The number of anilines is 1. The highest BCUT2D eigenvalue weighted by atomic mass is 79.9. The maximum atomic E-state index is 13.4. The molecule has 32 heavy (non-hydrogen) atoms. The van der Waals surface area contributed by atoms with Gasteiger partial charge in [0, 0.05) is 36.6 Å². The van der Waals surface area contributed by atoms with E-state index in [1.807, 2.05) is 6.92 Å². The van der Waals surface area contributed by atoms with Gasteiger partial charge in [0.1, 0.15) is 5.69 Å². The van der Waals surface area contributed by atoms with Crippen molar-refractivity contribution in [2.75, 3.05) is 18.1 Å². The van der Waals surface area contributed by atoms with Crippen molar-refractivity contribution in [1.29, 1.82) is 0 Å². The summed E-state index contributed by atoms with van der Waals surface area (Å²) in [6, 6.07) is 1.58. The molecule has 4 heterocycles. The van der Waals surface area contributed by atoms with Gasteiger partial charge in [0.2, 0.25) is 17.3 Å². The number of amides is 1. The quantitative estimate of drug-likeness (QED) is 0.456. The average Bonchev–Trinajstić information content (AvgIpc) is 3.38. The van der Waals surface area contributed by atoms with Crippen LogP contribution >= 0.6 is 15.9 Å².